The molecule has 2 rings (SSSR count). The molecule has 0 amide bonds. The van der Waals surface area contributed by atoms with Crippen molar-refractivity contribution >= 4 is 15.8 Å². The van der Waals surface area contributed by atoms with Gasteiger partial charge in [0.15, 0.2) is 15.6 Å². The summed E-state index contributed by atoms with van der Waals surface area (Å²) < 4.78 is 40.3. The molecule has 0 aromatic heterocycles. The highest BCUT2D eigenvalue weighted by molar-refractivity contribution is 7.91. The van der Waals surface area contributed by atoms with Gasteiger partial charge in [0.2, 0.25) is 0 Å². The van der Waals surface area contributed by atoms with Crippen molar-refractivity contribution < 1.29 is 27.4 Å². The Morgan fingerprint density at radius 2 is 1.70 bits per heavy atom. The summed E-state index contributed by atoms with van der Waals surface area (Å²) in [6.45, 7) is 3.79. The Morgan fingerprint density at radius 1 is 1.17 bits per heavy atom. The van der Waals surface area contributed by atoms with Crippen LogP contribution in [0.25, 0.3) is 0 Å². The Morgan fingerprint density at radius 3 is 2.22 bits per heavy atom. The minimum atomic E-state index is -3.37. The number of sulfone groups is 1. The third kappa shape index (κ3) is 5.02. The van der Waals surface area contributed by atoms with E-state index in [-0.39, 0.29) is 31.4 Å². The topological polar surface area (TPSA) is 78.9 Å². The first-order valence-corrected chi connectivity index (χ1v) is 9.07. The monoisotopic (exact) mass is 342 g/mol. The van der Waals surface area contributed by atoms with E-state index in [1.807, 2.05) is 0 Å². The average molecular weight is 342 g/mol. The number of hydrogen-bond acceptors (Lipinski definition) is 6. The van der Waals surface area contributed by atoms with Gasteiger partial charge in [-0.15, -0.1) is 0 Å². The van der Waals surface area contributed by atoms with E-state index in [9.17, 15) is 13.2 Å². The maximum atomic E-state index is 12.4. The number of benzene rings is 1. The highest BCUT2D eigenvalue weighted by Crippen LogP contribution is 2.23. The SMILES string of the molecule is COC(=O)Cc1ccc(CS(=O)(=O)C2COC(C)(C)OC2)cc1. The fourth-order valence-electron chi connectivity index (χ4n) is 2.23. The molecule has 0 saturated carbocycles. The predicted molar refractivity (Wildman–Crippen MR) is 84.6 cm³/mol. The van der Waals surface area contributed by atoms with Gasteiger partial charge in [-0.25, -0.2) is 8.42 Å². The van der Waals surface area contributed by atoms with E-state index >= 15 is 0 Å². The molecule has 6 nitrogen and oxygen atoms in total. The van der Waals surface area contributed by atoms with E-state index in [0.29, 0.717) is 5.56 Å². The first-order chi connectivity index (χ1) is 10.7. The number of ether oxygens (including phenoxy) is 3. The maximum absolute atomic E-state index is 12.4. The molecule has 1 aromatic carbocycles. The van der Waals surface area contributed by atoms with Gasteiger partial charge in [-0.3, -0.25) is 4.79 Å². The Balaban J connectivity index is 1.99. The second kappa shape index (κ2) is 6.98. The molecule has 0 unspecified atom stereocenters. The second-order valence-electron chi connectivity index (χ2n) is 6.02. The summed E-state index contributed by atoms with van der Waals surface area (Å²) in [7, 11) is -2.04. The zero-order valence-corrected chi connectivity index (χ0v) is 14.4. The molecule has 0 spiro atoms. The lowest BCUT2D eigenvalue weighted by atomic mass is 10.1. The third-order valence-electron chi connectivity index (χ3n) is 3.71. The van der Waals surface area contributed by atoms with Gasteiger partial charge in [0, 0.05) is 0 Å². The number of carbonyl (C=O) groups excluding carboxylic acids is 1. The molecule has 0 radical (unpaired) electrons. The molecule has 23 heavy (non-hydrogen) atoms. The van der Waals surface area contributed by atoms with Crippen LogP contribution in [0.5, 0.6) is 0 Å². The molecular weight excluding hydrogens is 320 g/mol. The molecule has 0 N–H and O–H groups in total. The van der Waals surface area contributed by atoms with E-state index in [1.165, 1.54) is 7.11 Å². The molecule has 1 aromatic rings. The van der Waals surface area contributed by atoms with E-state index < -0.39 is 20.9 Å². The van der Waals surface area contributed by atoms with Crippen LogP contribution in [0.3, 0.4) is 0 Å². The van der Waals surface area contributed by atoms with Crippen molar-refractivity contribution in [3.8, 4) is 0 Å². The lowest BCUT2D eigenvalue weighted by Crippen LogP contribution is -2.45. The van der Waals surface area contributed by atoms with Gasteiger partial charge < -0.3 is 14.2 Å². The summed E-state index contributed by atoms with van der Waals surface area (Å²) in [5, 5.41) is -0.662. The first kappa shape index (κ1) is 17.9. The van der Waals surface area contributed by atoms with Crippen LogP contribution >= 0.6 is 0 Å². The molecule has 1 saturated heterocycles. The van der Waals surface area contributed by atoms with E-state index in [1.54, 1.807) is 38.1 Å². The summed E-state index contributed by atoms with van der Waals surface area (Å²) in [5.41, 5.74) is 1.45. The molecule has 1 heterocycles. The van der Waals surface area contributed by atoms with Crippen LogP contribution in [-0.2, 0) is 41.0 Å². The van der Waals surface area contributed by atoms with Gasteiger partial charge in [-0.2, -0.15) is 0 Å². The van der Waals surface area contributed by atoms with Crippen molar-refractivity contribution in [3.05, 3.63) is 35.4 Å². The second-order valence-corrected chi connectivity index (χ2v) is 8.30. The van der Waals surface area contributed by atoms with Gasteiger partial charge >= 0.3 is 5.97 Å². The largest absolute Gasteiger partial charge is 0.469 e. The number of esters is 1. The Labute approximate surface area is 136 Å². The van der Waals surface area contributed by atoms with Crippen LogP contribution in [0.1, 0.15) is 25.0 Å². The average Bonchev–Trinajstić information content (AvgIpc) is 2.48. The Kier molecular flexibility index (Phi) is 5.44. The van der Waals surface area contributed by atoms with Gasteiger partial charge in [-0.1, -0.05) is 24.3 Å². The van der Waals surface area contributed by atoms with Crippen molar-refractivity contribution in [2.24, 2.45) is 0 Å². The van der Waals surface area contributed by atoms with Gasteiger partial charge in [0.25, 0.3) is 0 Å². The summed E-state index contributed by atoms with van der Waals surface area (Å²) in [5.74, 6) is -1.14. The molecule has 1 aliphatic heterocycles. The van der Waals surface area contributed by atoms with Crippen LogP contribution in [0.15, 0.2) is 24.3 Å². The molecule has 1 aliphatic rings. The highest BCUT2D eigenvalue weighted by Gasteiger charge is 2.35. The van der Waals surface area contributed by atoms with E-state index in [4.69, 9.17) is 9.47 Å². The zero-order chi connectivity index (χ0) is 17.1. The maximum Gasteiger partial charge on any atom is 0.309 e. The fraction of sp³-hybridized carbons (Fsp3) is 0.562. The van der Waals surface area contributed by atoms with Crippen molar-refractivity contribution in [3.63, 3.8) is 0 Å². The van der Waals surface area contributed by atoms with Gasteiger partial charge in [-0.05, 0) is 25.0 Å². The van der Waals surface area contributed by atoms with Crippen LogP contribution in [-0.4, -0.2) is 45.7 Å². The number of carbonyl (C=O) groups is 1. The summed E-state index contributed by atoms with van der Waals surface area (Å²) in [4.78, 5) is 11.2. The zero-order valence-electron chi connectivity index (χ0n) is 13.6. The lowest BCUT2D eigenvalue weighted by molar-refractivity contribution is -0.242. The summed E-state index contributed by atoms with van der Waals surface area (Å²) in [6, 6.07) is 6.89. The lowest BCUT2D eigenvalue weighted by Gasteiger charge is -2.34. The minimum Gasteiger partial charge on any atom is -0.469 e. The Hall–Kier alpha value is -1.44. The third-order valence-corrected chi connectivity index (χ3v) is 5.73. The van der Waals surface area contributed by atoms with Crippen LogP contribution in [0.2, 0.25) is 0 Å². The standard InChI is InChI=1S/C16H22O6S/c1-16(2)21-9-14(10-22-16)23(18,19)11-13-6-4-12(5-7-13)8-15(17)20-3/h4-7,14H,8-11H2,1-3H3. The molecule has 1 fully saturated rings. The van der Waals surface area contributed by atoms with E-state index in [0.717, 1.165) is 5.56 Å². The molecular formula is C16H22O6S. The summed E-state index contributed by atoms with van der Waals surface area (Å²) >= 11 is 0. The molecule has 0 atom stereocenters. The number of methoxy groups -OCH3 is 1. The minimum absolute atomic E-state index is 0.0800. The molecule has 0 bridgehead atoms. The van der Waals surface area contributed by atoms with Crippen molar-refractivity contribution in [2.75, 3.05) is 20.3 Å². The molecule has 0 aliphatic carbocycles. The smallest absolute Gasteiger partial charge is 0.309 e. The van der Waals surface area contributed by atoms with Crippen molar-refractivity contribution in [1.29, 1.82) is 0 Å². The van der Waals surface area contributed by atoms with Crippen LogP contribution in [0, 0.1) is 0 Å². The predicted octanol–water partition coefficient (Wildman–Crippen LogP) is 1.47. The fourth-order valence-corrected chi connectivity index (χ4v) is 3.67. The number of hydrogen-bond donors (Lipinski definition) is 0. The van der Waals surface area contributed by atoms with Crippen molar-refractivity contribution in [2.45, 2.75) is 37.1 Å². The number of rotatable bonds is 5. The van der Waals surface area contributed by atoms with Crippen molar-refractivity contribution in [1.82, 2.24) is 0 Å². The van der Waals surface area contributed by atoms with Gasteiger partial charge in [0.1, 0.15) is 5.25 Å². The van der Waals surface area contributed by atoms with Crippen LogP contribution in [0.4, 0.5) is 0 Å². The Bertz CT molecular complexity index is 638. The van der Waals surface area contributed by atoms with Gasteiger partial charge in [0.05, 0.1) is 32.5 Å². The first-order valence-electron chi connectivity index (χ1n) is 7.36. The van der Waals surface area contributed by atoms with Crippen LogP contribution < -0.4 is 0 Å². The molecule has 128 valence electrons. The normalized spacial score (nSPS) is 18.6. The quantitative estimate of drug-likeness (QED) is 0.754. The summed E-state index contributed by atoms with van der Waals surface area (Å²) in [6.07, 6.45) is 0.170. The van der Waals surface area contributed by atoms with E-state index in [2.05, 4.69) is 4.74 Å². The molecule has 7 heteroatoms. The highest BCUT2D eigenvalue weighted by atomic mass is 32.2.